The average molecular weight is 537 g/mol. The van der Waals surface area contributed by atoms with Gasteiger partial charge in [-0.3, -0.25) is 9.59 Å². The summed E-state index contributed by atoms with van der Waals surface area (Å²) in [5.41, 5.74) is 3.39. The number of fused-ring (bicyclic) bond motifs is 1. The van der Waals surface area contributed by atoms with Crippen molar-refractivity contribution in [2.75, 3.05) is 29.1 Å². The number of nitrogens with one attached hydrogen (secondary N) is 3. The highest BCUT2D eigenvalue weighted by atomic mass is 16.5. The van der Waals surface area contributed by atoms with Crippen LogP contribution in [0.15, 0.2) is 30.5 Å². The second-order valence-electron chi connectivity index (χ2n) is 10.3. The van der Waals surface area contributed by atoms with Crippen LogP contribution in [0.4, 0.5) is 17.5 Å². The van der Waals surface area contributed by atoms with Crippen LogP contribution < -0.4 is 20.9 Å². The van der Waals surface area contributed by atoms with Crippen molar-refractivity contribution in [3.8, 4) is 0 Å². The summed E-state index contributed by atoms with van der Waals surface area (Å²) in [6.45, 7) is 12.7. The number of rotatable bonds is 13. The number of ether oxygens (including phenoxy) is 1. The molecule has 2 aromatic heterocycles. The minimum atomic E-state index is -0.254. The van der Waals surface area contributed by atoms with Gasteiger partial charge < -0.3 is 25.6 Å². The predicted octanol–water partition coefficient (Wildman–Crippen LogP) is 4.16. The summed E-state index contributed by atoms with van der Waals surface area (Å²) in [6, 6.07) is 7.70. The van der Waals surface area contributed by atoms with Crippen molar-refractivity contribution < 1.29 is 14.3 Å². The van der Waals surface area contributed by atoms with E-state index in [9.17, 15) is 9.59 Å². The fourth-order valence-electron chi connectivity index (χ4n) is 3.78. The minimum absolute atomic E-state index is 0.134. The molecular formula is C28H40N8O3. The smallest absolute Gasteiger partial charge is 0.306 e. The second kappa shape index (κ2) is 13.7. The van der Waals surface area contributed by atoms with Gasteiger partial charge in [-0.1, -0.05) is 0 Å². The molecule has 1 aromatic carbocycles. The molecule has 1 amide bonds. The van der Waals surface area contributed by atoms with Crippen molar-refractivity contribution in [1.29, 1.82) is 0 Å². The Morgan fingerprint density at radius 1 is 0.949 bits per heavy atom. The van der Waals surface area contributed by atoms with E-state index in [1.807, 2.05) is 65.6 Å². The van der Waals surface area contributed by atoms with Gasteiger partial charge in [-0.15, -0.1) is 0 Å². The van der Waals surface area contributed by atoms with Crippen LogP contribution in [0.2, 0.25) is 0 Å². The van der Waals surface area contributed by atoms with E-state index in [1.54, 1.807) is 18.3 Å². The highest BCUT2D eigenvalue weighted by Gasteiger charge is 2.14. The number of amides is 1. The number of anilines is 3. The van der Waals surface area contributed by atoms with Gasteiger partial charge in [0, 0.05) is 43.3 Å². The molecule has 2 heterocycles. The van der Waals surface area contributed by atoms with Crippen molar-refractivity contribution in [3.05, 3.63) is 41.7 Å². The highest BCUT2D eigenvalue weighted by molar-refractivity contribution is 5.94. The van der Waals surface area contributed by atoms with Crippen LogP contribution in [-0.2, 0) is 16.1 Å². The zero-order chi connectivity index (χ0) is 28.5. The number of esters is 1. The molecule has 39 heavy (non-hydrogen) atoms. The standard InChI is InChI=1S/C28H40N8O3/c1-17(2)31-26-24-25(34-28(35-26)32-18(3)4)30-15-21(33-24)16-36(7)22-12-10-20(11-13-22)27(38)29-14-8-9-23(37)39-19(5)6/h10-13,15,17-19H,8-9,14,16H2,1-7H3,(H,29,38)(H2,30,31,32,34,35). The number of nitrogens with zero attached hydrogens (tertiary/aromatic N) is 5. The summed E-state index contributed by atoms with van der Waals surface area (Å²) in [4.78, 5) is 44.6. The first kappa shape index (κ1) is 29.5. The lowest BCUT2D eigenvalue weighted by molar-refractivity contribution is -0.147. The fourth-order valence-corrected chi connectivity index (χ4v) is 3.78. The first-order chi connectivity index (χ1) is 18.5. The number of carbonyl (C=O) groups is 2. The maximum Gasteiger partial charge on any atom is 0.306 e. The number of aromatic nitrogens is 4. The first-order valence-electron chi connectivity index (χ1n) is 13.4. The van der Waals surface area contributed by atoms with Crippen LogP contribution in [0, 0.1) is 0 Å². The molecule has 0 bridgehead atoms. The van der Waals surface area contributed by atoms with Crippen molar-refractivity contribution in [1.82, 2.24) is 25.3 Å². The number of benzene rings is 1. The molecule has 11 heteroatoms. The molecule has 0 atom stereocenters. The normalized spacial score (nSPS) is 11.2. The van der Waals surface area contributed by atoms with Crippen LogP contribution >= 0.6 is 0 Å². The maximum atomic E-state index is 12.5. The van der Waals surface area contributed by atoms with Crippen LogP contribution in [0.25, 0.3) is 11.2 Å². The van der Waals surface area contributed by atoms with E-state index in [0.717, 1.165) is 11.4 Å². The zero-order valence-electron chi connectivity index (χ0n) is 23.9. The van der Waals surface area contributed by atoms with E-state index in [1.165, 1.54) is 0 Å². The molecule has 0 saturated heterocycles. The minimum Gasteiger partial charge on any atom is -0.463 e. The summed E-state index contributed by atoms with van der Waals surface area (Å²) in [5, 5.41) is 9.43. The van der Waals surface area contributed by atoms with E-state index in [4.69, 9.17) is 9.72 Å². The lowest BCUT2D eigenvalue weighted by Gasteiger charge is -2.20. The Morgan fingerprint density at radius 3 is 2.28 bits per heavy atom. The van der Waals surface area contributed by atoms with Gasteiger partial charge in [0.15, 0.2) is 17.0 Å². The molecule has 0 spiro atoms. The fraction of sp³-hybridized carbons (Fsp3) is 0.500. The predicted molar refractivity (Wildman–Crippen MR) is 154 cm³/mol. The summed E-state index contributed by atoms with van der Waals surface area (Å²) in [6.07, 6.45) is 2.39. The molecule has 0 saturated carbocycles. The topological polar surface area (TPSA) is 134 Å². The van der Waals surface area contributed by atoms with E-state index in [-0.39, 0.29) is 36.5 Å². The largest absolute Gasteiger partial charge is 0.463 e. The van der Waals surface area contributed by atoms with Gasteiger partial charge in [0.1, 0.15) is 0 Å². The molecule has 210 valence electrons. The molecule has 0 fully saturated rings. The van der Waals surface area contributed by atoms with E-state index in [2.05, 4.69) is 30.9 Å². The van der Waals surface area contributed by atoms with E-state index in [0.29, 0.717) is 48.0 Å². The summed E-state index contributed by atoms with van der Waals surface area (Å²) in [7, 11) is 1.95. The Hall–Kier alpha value is -4.02. The molecule has 0 aliphatic rings. The molecule has 0 aliphatic heterocycles. The molecular weight excluding hydrogens is 496 g/mol. The van der Waals surface area contributed by atoms with Crippen LogP contribution in [0.5, 0.6) is 0 Å². The lowest BCUT2D eigenvalue weighted by atomic mass is 10.1. The summed E-state index contributed by atoms with van der Waals surface area (Å²) >= 11 is 0. The molecule has 3 aromatic rings. The van der Waals surface area contributed by atoms with Gasteiger partial charge in [-0.05, 0) is 72.2 Å². The van der Waals surface area contributed by atoms with Gasteiger partial charge in [0.2, 0.25) is 5.95 Å². The van der Waals surface area contributed by atoms with E-state index >= 15 is 0 Å². The quantitative estimate of drug-likeness (QED) is 0.216. The monoisotopic (exact) mass is 536 g/mol. The van der Waals surface area contributed by atoms with Gasteiger partial charge in [0.25, 0.3) is 5.91 Å². The van der Waals surface area contributed by atoms with E-state index < -0.39 is 0 Å². The Morgan fingerprint density at radius 2 is 1.64 bits per heavy atom. The zero-order valence-corrected chi connectivity index (χ0v) is 23.9. The highest BCUT2D eigenvalue weighted by Crippen LogP contribution is 2.22. The lowest BCUT2D eigenvalue weighted by Crippen LogP contribution is -2.25. The van der Waals surface area contributed by atoms with Gasteiger partial charge >= 0.3 is 5.97 Å². The molecule has 3 rings (SSSR count). The third-order valence-electron chi connectivity index (χ3n) is 5.48. The third kappa shape index (κ3) is 9.05. The summed E-state index contributed by atoms with van der Waals surface area (Å²) < 4.78 is 5.10. The summed E-state index contributed by atoms with van der Waals surface area (Å²) in [5.74, 6) is 0.716. The van der Waals surface area contributed by atoms with Crippen LogP contribution in [0.3, 0.4) is 0 Å². The maximum absolute atomic E-state index is 12.5. The molecule has 0 radical (unpaired) electrons. The Kier molecular flexibility index (Phi) is 10.4. The Balaban J connectivity index is 1.63. The van der Waals surface area contributed by atoms with Gasteiger partial charge in [-0.25, -0.2) is 9.97 Å². The number of hydrogen-bond donors (Lipinski definition) is 3. The van der Waals surface area contributed by atoms with Gasteiger partial charge in [0.05, 0.1) is 24.5 Å². The van der Waals surface area contributed by atoms with Crippen molar-refractivity contribution >= 4 is 40.5 Å². The second-order valence-corrected chi connectivity index (χ2v) is 10.3. The average Bonchev–Trinajstić information content (AvgIpc) is 2.85. The Bertz CT molecular complexity index is 1260. The molecule has 3 N–H and O–H groups in total. The van der Waals surface area contributed by atoms with Crippen LogP contribution in [-0.4, -0.2) is 63.6 Å². The van der Waals surface area contributed by atoms with Gasteiger partial charge in [-0.2, -0.15) is 9.97 Å². The SMILES string of the molecule is CC(C)Nc1nc(NC(C)C)c2nc(CN(C)c3ccc(C(=O)NCCCC(=O)OC(C)C)cc3)cnc2n1. The van der Waals surface area contributed by atoms with Crippen molar-refractivity contribution in [2.45, 2.75) is 79.1 Å². The molecule has 0 aliphatic carbocycles. The van der Waals surface area contributed by atoms with Crippen LogP contribution in [0.1, 0.15) is 70.4 Å². The Labute approximate surface area is 230 Å². The molecule has 0 unspecified atom stereocenters. The van der Waals surface area contributed by atoms with Crippen molar-refractivity contribution in [3.63, 3.8) is 0 Å². The number of hydrogen-bond acceptors (Lipinski definition) is 10. The first-order valence-corrected chi connectivity index (χ1v) is 13.4. The third-order valence-corrected chi connectivity index (χ3v) is 5.48. The van der Waals surface area contributed by atoms with Crippen molar-refractivity contribution in [2.24, 2.45) is 0 Å². The molecule has 11 nitrogen and oxygen atoms in total. The number of carbonyl (C=O) groups excluding carboxylic acids is 2.